The molecular weight excluding hydrogens is 380 g/mol. The van der Waals surface area contributed by atoms with Gasteiger partial charge in [0.2, 0.25) is 0 Å². The Labute approximate surface area is 177 Å². The number of piperidine rings is 1. The maximum Gasteiger partial charge on any atom is 0.251 e. The van der Waals surface area contributed by atoms with Crippen LogP contribution in [-0.2, 0) is 28.2 Å². The molecule has 1 saturated heterocycles. The number of amides is 1. The zero-order chi connectivity index (χ0) is 20.6. The van der Waals surface area contributed by atoms with Gasteiger partial charge in [0, 0.05) is 38.6 Å². The van der Waals surface area contributed by atoms with E-state index < -0.39 is 11.7 Å². The predicted octanol–water partition coefficient (Wildman–Crippen LogP) is 2.31. The van der Waals surface area contributed by atoms with Gasteiger partial charge in [-0.25, -0.2) is 4.98 Å². The molecule has 1 atom stereocenters. The highest BCUT2D eigenvalue weighted by atomic mass is 16.5. The van der Waals surface area contributed by atoms with Gasteiger partial charge in [-0.2, -0.15) is 0 Å². The molecule has 7 nitrogen and oxygen atoms in total. The second-order valence-electron chi connectivity index (χ2n) is 8.82. The van der Waals surface area contributed by atoms with Crippen LogP contribution in [0.1, 0.15) is 37.1 Å². The van der Waals surface area contributed by atoms with E-state index in [2.05, 4.69) is 31.9 Å². The summed E-state index contributed by atoms with van der Waals surface area (Å²) in [6.45, 7) is 4.05. The van der Waals surface area contributed by atoms with Crippen molar-refractivity contribution in [3.05, 3.63) is 48.0 Å². The number of hydrogen-bond donors (Lipinski definition) is 1. The van der Waals surface area contributed by atoms with Crippen molar-refractivity contribution in [2.24, 2.45) is 5.92 Å². The number of nitrogens with one attached hydrogen (secondary N) is 1. The van der Waals surface area contributed by atoms with E-state index in [1.54, 1.807) is 7.11 Å². The van der Waals surface area contributed by atoms with Gasteiger partial charge in [0.1, 0.15) is 17.2 Å². The third kappa shape index (κ3) is 3.96. The number of imidazole rings is 1. The molecule has 3 heterocycles. The Hall–Kier alpha value is -2.38. The van der Waals surface area contributed by atoms with Gasteiger partial charge >= 0.3 is 0 Å². The molecule has 1 spiro atoms. The van der Waals surface area contributed by atoms with Gasteiger partial charge in [-0.1, -0.05) is 12.1 Å². The van der Waals surface area contributed by atoms with E-state index >= 15 is 0 Å². The highest BCUT2D eigenvalue weighted by molar-refractivity contribution is 5.81. The van der Waals surface area contributed by atoms with Gasteiger partial charge in [0.05, 0.1) is 13.7 Å². The number of carbonyl (C=O) groups is 1. The highest BCUT2D eigenvalue weighted by Gasteiger charge is 2.47. The van der Waals surface area contributed by atoms with Gasteiger partial charge < -0.3 is 19.4 Å². The Morgan fingerprint density at radius 1 is 1.27 bits per heavy atom. The maximum atomic E-state index is 12.8. The molecular formula is C23H30N4O3. The Morgan fingerprint density at radius 2 is 2.03 bits per heavy atom. The summed E-state index contributed by atoms with van der Waals surface area (Å²) in [5.41, 5.74) is 0.801. The fourth-order valence-electron chi connectivity index (χ4n) is 4.62. The maximum absolute atomic E-state index is 12.8. The Bertz CT molecular complexity index is 882. The molecule has 160 valence electrons. The fraction of sp³-hybridized carbons (Fsp3) is 0.565. The van der Waals surface area contributed by atoms with Crippen LogP contribution in [0.5, 0.6) is 5.75 Å². The lowest BCUT2D eigenvalue weighted by Crippen LogP contribution is -2.54. The summed E-state index contributed by atoms with van der Waals surface area (Å²) in [5.74, 6) is 2.53. The molecule has 7 heteroatoms. The van der Waals surface area contributed by atoms with E-state index in [9.17, 15) is 4.79 Å². The number of aromatic nitrogens is 2. The lowest BCUT2D eigenvalue weighted by molar-refractivity contribution is -0.173. The number of hydrogen-bond acceptors (Lipinski definition) is 5. The van der Waals surface area contributed by atoms with Gasteiger partial charge in [0.15, 0.2) is 6.10 Å². The molecule has 1 aliphatic carbocycles. The number of methoxy groups -OCH3 is 1. The van der Waals surface area contributed by atoms with Crippen LogP contribution in [0.4, 0.5) is 0 Å². The van der Waals surface area contributed by atoms with Crippen molar-refractivity contribution in [3.8, 4) is 5.75 Å². The minimum Gasteiger partial charge on any atom is -0.497 e. The normalized spacial score (nSPS) is 23.2. The zero-order valence-corrected chi connectivity index (χ0v) is 17.5. The van der Waals surface area contributed by atoms with E-state index in [-0.39, 0.29) is 5.91 Å². The average molecular weight is 411 g/mol. The van der Waals surface area contributed by atoms with E-state index in [1.165, 1.54) is 18.4 Å². The van der Waals surface area contributed by atoms with Crippen molar-refractivity contribution in [3.63, 3.8) is 0 Å². The number of rotatable bonds is 6. The first-order valence-corrected chi connectivity index (χ1v) is 11.0. The summed E-state index contributed by atoms with van der Waals surface area (Å²) in [4.78, 5) is 19.8. The Balaban J connectivity index is 1.25. The topological polar surface area (TPSA) is 68.6 Å². The first kappa shape index (κ1) is 19.6. The lowest BCUT2D eigenvalue weighted by Gasteiger charge is -2.45. The zero-order valence-electron chi connectivity index (χ0n) is 17.5. The van der Waals surface area contributed by atoms with E-state index in [0.29, 0.717) is 12.5 Å². The molecule has 2 aromatic rings. The third-order valence-electron chi connectivity index (χ3n) is 6.64. The number of ether oxygens (including phenoxy) is 2. The number of likely N-dealkylation sites (tertiary alicyclic amines) is 1. The van der Waals surface area contributed by atoms with E-state index in [0.717, 1.165) is 50.6 Å². The molecule has 1 saturated carbocycles. The van der Waals surface area contributed by atoms with E-state index in [4.69, 9.17) is 9.47 Å². The van der Waals surface area contributed by atoms with Crippen LogP contribution >= 0.6 is 0 Å². The van der Waals surface area contributed by atoms with Crippen molar-refractivity contribution in [2.75, 3.05) is 26.7 Å². The van der Waals surface area contributed by atoms with Crippen LogP contribution in [0.2, 0.25) is 0 Å². The SMILES string of the molecule is COc1ccc(CN2CCC3(CC2)OC(C(=O)NCC2CC2)Cn2ccnc23)cc1. The van der Waals surface area contributed by atoms with Crippen LogP contribution < -0.4 is 10.1 Å². The quantitative estimate of drug-likeness (QED) is 0.792. The minimum atomic E-state index is -0.472. The molecule has 2 aliphatic heterocycles. The molecule has 30 heavy (non-hydrogen) atoms. The van der Waals surface area contributed by atoms with Gasteiger partial charge in [-0.3, -0.25) is 9.69 Å². The van der Waals surface area contributed by atoms with Gasteiger partial charge in [0.25, 0.3) is 5.91 Å². The van der Waals surface area contributed by atoms with Gasteiger partial charge in [-0.15, -0.1) is 0 Å². The Morgan fingerprint density at radius 3 is 2.73 bits per heavy atom. The number of nitrogens with zero attached hydrogens (tertiary/aromatic N) is 3. The van der Waals surface area contributed by atoms with Crippen LogP contribution in [0.3, 0.4) is 0 Å². The van der Waals surface area contributed by atoms with Crippen LogP contribution in [-0.4, -0.2) is 53.2 Å². The summed E-state index contributed by atoms with van der Waals surface area (Å²) in [6.07, 6.45) is 7.49. The molecule has 2 fully saturated rings. The lowest BCUT2D eigenvalue weighted by atomic mass is 9.88. The number of benzene rings is 1. The van der Waals surface area contributed by atoms with Crippen molar-refractivity contribution >= 4 is 5.91 Å². The van der Waals surface area contributed by atoms with Crippen molar-refractivity contribution in [1.82, 2.24) is 19.8 Å². The molecule has 5 rings (SSSR count). The molecule has 1 aromatic carbocycles. The average Bonchev–Trinajstić information content (AvgIpc) is 3.48. The van der Waals surface area contributed by atoms with Crippen LogP contribution in [0.25, 0.3) is 0 Å². The highest BCUT2D eigenvalue weighted by Crippen LogP contribution is 2.40. The fourth-order valence-corrected chi connectivity index (χ4v) is 4.62. The number of carbonyl (C=O) groups excluding carboxylic acids is 1. The minimum absolute atomic E-state index is 0.0151. The van der Waals surface area contributed by atoms with Crippen molar-refractivity contribution in [1.29, 1.82) is 0 Å². The molecule has 1 N–H and O–H groups in total. The van der Waals surface area contributed by atoms with Crippen molar-refractivity contribution in [2.45, 2.75) is 50.5 Å². The van der Waals surface area contributed by atoms with Crippen LogP contribution in [0.15, 0.2) is 36.7 Å². The standard InChI is InChI=1S/C23H30N4O3/c1-29-19-6-4-18(5-7-19)15-26-11-8-23(9-12-26)22-24-10-13-27(22)16-20(30-23)21(28)25-14-17-2-3-17/h4-7,10,13,17,20H,2-3,8-9,11-12,14-16H2,1H3,(H,25,28). The second-order valence-corrected chi connectivity index (χ2v) is 8.82. The predicted molar refractivity (Wildman–Crippen MR) is 112 cm³/mol. The second kappa shape index (κ2) is 8.04. The molecule has 0 bridgehead atoms. The van der Waals surface area contributed by atoms with Crippen molar-refractivity contribution < 1.29 is 14.3 Å². The smallest absolute Gasteiger partial charge is 0.251 e. The van der Waals surface area contributed by atoms with Crippen LogP contribution in [0, 0.1) is 5.92 Å². The molecule has 0 radical (unpaired) electrons. The Kier molecular flexibility index (Phi) is 5.25. The summed E-state index contributed by atoms with van der Waals surface area (Å²) >= 11 is 0. The first-order valence-electron chi connectivity index (χ1n) is 11.0. The molecule has 1 unspecified atom stereocenters. The number of fused-ring (bicyclic) bond motifs is 2. The van der Waals surface area contributed by atoms with Gasteiger partial charge in [-0.05, 0) is 49.3 Å². The third-order valence-corrected chi connectivity index (χ3v) is 6.64. The molecule has 1 amide bonds. The summed E-state index contributed by atoms with van der Waals surface area (Å²) < 4.78 is 13.9. The molecule has 3 aliphatic rings. The summed E-state index contributed by atoms with van der Waals surface area (Å²) in [6, 6.07) is 8.25. The largest absolute Gasteiger partial charge is 0.497 e. The monoisotopic (exact) mass is 410 g/mol. The summed E-state index contributed by atoms with van der Waals surface area (Å²) in [7, 11) is 1.69. The molecule has 1 aromatic heterocycles. The van der Waals surface area contributed by atoms with E-state index in [1.807, 2.05) is 24.5 Å². The first-order chi connectivity index (χ1) is 14.6. The summed E-state index contributed by atoms with van der Waals surface area (Å²) in [5, 5.41) is 3.09.